The van der Waals surface area contributed by atoms with Crippen molar-refractivity contribution in [2.45, 2.75) is 32.5 Å². The van der Waals surface area contributed by atoms with Crippen molar-refractivity contribution in [2.24, 2.45) is 0 Å². The van der Waals surface area contributed by atoms with Crippen LogP contribution in [0.5, 0.6) is 0 Å². The van der Waals surface area contributed by atoms with Crippen molar-refractivity contribution < 1.29 is 9.26 Å². The molecule has 1 unspecified atom stereocenters. The van der Waals surface area contributed by atoms with Crippen LogP contribution >= 0.6 is 0 Å². The molecule has 1 aromatic rings. The molecule has 0 aromatic carbocycles. The van der Waals surface area contributed by atoms with Crippen LogP contribution in [0.25, 0.3) is 0 Å². The van der Waals surface area contributed by atoms with Gasteiger partial charge in [-0.25, -0.2) is 0 Å². The summed E-state index contributed by atoms with van der Waals surface area (Å²) < 4.78 is 10.8. The summed E-state index contributed by atoms with van der Waals surface area (Å²) in [5.41, 5.74) is 0. The highest BCUT2D eigenvalue weighted by molar-refractivity contribution is 4.93. The van der Waals surface area contributed by atoms with Crippen LogP contribution in [0.4, 0.5) is 0 Å². The SMILES string of the molecule is CC(C)NCc1nc(C2CN(C)CCO2)no1. The van der Waals surface area contributed by atoms with Crippen LogP contribution in [0.1, 0.15) is 31.7 Å². The van der Waals surface area contributed by atoms with Crippen LogP contribution in [0.15, 0.2) is 4.52 Å². The quantitative estimate of drug-likeness (QED) is 0.830. The van der Waals surface area contributed by atoms with E-state index in [1.165, 1.54) is 0 Å². The lowest BCUT2D eigenvalue weighted by Gasteiger charge is -2.27. The summed E-state index contributed by atoms with van der Waals surface area (Å²) in [6.07, 6.45) is -0.0645. The summed E-state index contributed by atoms with van der Waals surface area (Å²) >= 11 is 0. The third kappa shape index (κ3) is 3.49. The van der Waals surface area contributed by atoms with E-state index in [4.69, 9.17) is 9.26 Å². The van der Waals surface area contributed by atoms with E-state index >= 15 is 0 Å². The monoisotopic (exact) mass is 240 g/mol. The standard InChI is InChI=1S/C11H20N4O2/c1-8(2)12-6-10-13-11(14-17-10)9-7-15(3)4-5-16-9/h8-9,12H,4-7H2,1-3H3. The molecule has 1 atom stereocenters. The maximum atomic E-state index is 5.63. The van der Waals surface area contributed by atoms with E-state index in [-0.39, 0.29) is 6.10 Å². The molecule has 0 amide bonds. The normalized spacial score (nSPS) is 22.2. The minimum absolute atomic E-state index is 0.0645. The summed E-state index contributed by atoms with van der Waals surface area (Å²) in [5.74, 6) is 1.27. The van der Waals surface area contributed by atoms with Crippen LogP contribution in [0, 0.1) is 0 Å². The van der Waals surface area contributed by atoms with Gasteiger partial charge in [-0.05, 0) is 7.05 Å². The Balaban J connectivity index is 1.92. The van der Waals surface area contributed by atoms with Crippen molar-refractivity contribution in [1.29, 1.82) is 0 Å². The minimum atomic E-state index is -0.0645. The molecule has 0 saturated carbocycles. The predicted octanol–water partition coefficient (Wildman–Crippen LogP) is 0.571. The lowest BCUT2D eigenvalue weighted by atomic mass is 10.3. The van der Waals surface area contributed by atoms with Crippen molar-refractivity contribution in [2.75, 3.05) is 26.7 Å². The third-order valence-corrected chi connectivity index (χ3v) is 2.70. The van der Waals surface area contributed by atoms with Crippen LogP contribution in [-0.2, 0) is 11.3 Å². The summed E-state index contributed by atoms with van der Waals surface area (Å²) in [5, 5.41) is 7.21. The zero-order valence-corrected chi connectivity index (χ0v) is 10.6. The van der Waals surface area contributed by atoms with Crippen LogP contribution < -0.4 is 5.32 Å². The second-order valence-electron chi connectivity index (χ2n) is 4.70. The molecule has 2 rings (SSSR count). The summed E-state index contributed by atoms with van der Waals surface area (Å²) in [4.78, 5) is 6.55. The number of rotatable bonds is 4. The van der Waals surface area contributed by atoms with Gasteiger partial charge in [-0.3, -0.25) is 0 Å². The predicted molar refractivity (Wildman–Crippen MR) is 62.5 cm³/mol. The first-order chi connectivity index (χ1) is 8.15. The Morgan fingerprint density at radius 1 is 1.53 bits per heavy atom. The molecule has 1 N–H and O–H groups in total. The van der Waals surface area contributed by atoms with Crippen molar-refractivity contribution in [3.8, 4) is 0 Å². The molecule has 0 spiro atoms. The zero-order chi connectivity index (χ0) is 12.3. The smallest absolute Gasteiger partial charge is 0.240 e. The van der Waals surface area contributed by atoms with E-state index in [9.17, 15) is 0 Å². The maximum Gasteiger partial charge on any atom is 0.240 e. The number of morpholine rings is 1. The first-order valence-corrected chi connectivity index (χ1v) is 6.01. The Morgan fingerprint density at radius 2 is 2.35 bits per heavy atom. The van der Waals surface area contributed by atoms with E-state index in [0.29, 0.717) is 24.3 Å². The number of nitrogens with zero attached hydrogens (tertiary/aromatic N) is 3. The second-order valence-corrected chi connectivity index (χ2v) is 4.70. The Labute approximate surface area is 101 Å². The summed E-state index contributed by atoms with van der Waals surface area (Å²) in [6.45, 7) is 7.25. The largest absolute Gasteiger partial charge is 0.367 e. The number of likely N-dealkylation sites (N-methyl/N-ethyl adjacent to an activating group) is 1. The molecule has 0 aliphatic carbocycles. The van der Waals surface area contributed by atoms with Gasteiger partial charge in [0.25, 0.3) is 0 Å². The number of nitrogens with one attached hydrogen (secondary N) is 1. The maximum absolute atomic E-state index is 5.63. The van der Waals surface area contributed by atoms with Crippen molar-refractivity contribution >= 4 is 0 Å². The average molecular weight is 240 g/mol. The second kappa shape index (κ2) is 5.57. The van der Waals surface area contributed by atoms with Gasteiger partial charge in [0, 0.05) is 19.1 Å². The Bertz CT molecular complexity index is 353. The molecule has 0 bridgehead atoms. The molecule has 2 heterocycles. The van der Waals surface area contributed by atoms with Crippen LogP contribution in [0.3, 0.4) is 0 Å². The number of hydrogen-bond donors (Lipinski definition) is 1. The topological polar surface area (TPSA) is 63.4 Å². The molecule has 1 saturated heterocycles. The van der Waals surface area contributed by atoms with E-state index < -0.39 is 0 Å². The van der Waals surface area contributed by atoms with Gasteiger partial charge in [-0.15, -0.1) is 0 Å². The van der Waals surface area contributed by atoms with E-state index in [1.807, 2.05) is 0 Å². The van der Waals surface area contributed by atoms with E-state index in [2.05, 4.69) is 41.3 Å². The Kier molecular flexibility index (Phi) is 4.09. The van der Waals surface area contributed by atoms with Crippen molar-refractivity contribution in [3.63, 3.8) is 0 Å². The highest BCUT2D eigenvalue weighted by atomic mass is 16.5. The lowest BCUT2D eigenvalue weighted by Crippen LogP contribution is -2.35. The molecular weight excluding hydrogens is 220 g/mol. The van der Waals surface area contributed by atoms with Crippen molar-refractivity contribution in [1.82, 2.24) is 20.4 Å². The fourth-order valence-corrected chi connectivity index (χ4v) is 1.70. The third-order valence-electron chi connectivity index (χ3n) is 2.70. The number of aromatic nitrogens is 2. The summed E-state index contributed by atoms with van der Waals surface area (Å²) in [7, 11) is 2.07. The number of ether oxygens (including phenoxy) is 1. The molecule has 6 heteroatoms. The fraction of sp³-hybridized carbons (Fsp3) is 0.818. The molecule has 1 aliphatic rings. The Morgan fingerprint density at radius 3 is 3.06 bits per heavy atom. The molecule has 0 radical (unpaired) electrons. The van der Waals surface area contributed by atoms with Gasteiger partial charge < -0.3 is 19.5 Å². The molecular formula is C11H20N4O2. The summed E-state index contributed by atoms with van der Waals surface area (Å²) in [6, 6.07) is 0.405. The highest BCUT2D eigenvalue weighted by Crippen LogP contribution is 2.18. The van der Waals surface area contributed by atoms with Gasteiger partial charge in [-0.1, -0.05) is 19.0 Å². The first kappa shape index (κ1) is 12.5. The lowest BCUT2D eigenvalue weighted by molar-refractivity contribution is -0.0264. The zero-order valence-electron chi connectivity index (χ0n) is 10.6. The Hall–Kier alpha value is -0.980. The van der Waals surface area contributed by atoms with Gasteiger partial charge in [0.05, 0.1) is 13.2 Å². The van der Waals surface area contributed by atoms with Gasteiger partial charge in [0.1, 0.15) is 6.10 Å². The molecule has 96 valence electrons. The van der Waals surface area contributed by atoms with Gasteiger partial charge in [0.15, 0.2) is 0 Å². The average Bonchev–Trinajstić information content (AvgIpc) is 2.75. The van der Waals surface area contributed by atoms with Gasteiger partial charge >= 0.3 is 0 Å². The fourth-order valence-electron chi connectivity index (χ4n) is 1.70. The van der Waals surface area contributed by atoms with Gasteiger partial charge in [0.2, 0.25) is 11.7 Å². The molecule has 1 aliphatic heterocycles. The number of hydrogen-bond acceptors (Lipinski definition) is 6. The molecule has 1 aromatic heterocycles. The van der Waals surface area contributed by atoms with E-state index in [0.717, 1.165) is 19.7 Å². The van der Waals surface area contributed by atoms with Crippen LogP contribution in [-0.4, -0.2) is 47.8 Å². The van der Waals surface area contributed by atoms with Crippen LogP contribution in [0.2, 0.25) is 0 Å². The van der Waals surface area contributed by atoms with E-state index in [1.54, 1.807) is 0 Å². The highest BCUT2D eigenvalue weighted by Gasteiger charge is 2.24. The first-order valence-electron chi connectivity index (χ1n) is 6.01. The minimum Gasteiger partial charge on any atom is -0.367 e. The molecule has 6 nitrogen and oxygen atoms in total. The molecule has 1 fully saturated rings. The van der Waals surface area contributed by atoms with Crippen molar-refractivity contribution in [3.05, 3.63) is 11.7 Å². The van der Waals surface area contributed by atoms with Gasteiger partial charge in [-0.2, -0.15) is 4.98 Å². The molecule has 17 heavy (non-hydrogen) atoms.